The fourth-order valence-electron chi connectivity index (χ4n) is 1.50. The van der Waals surface area contributed by atoms with Crippen molar-refractivity contribution in [2.75, 3.05) is 20.8 Å². The van der Waals surface area contributed by atoms with Crippen LogP contribution in [0.5, 0.6) is 0 Å². The van der Waals surface area contributed by atoms with Gasteiger partial charge in [-0.25, -0.2) is 0 Å². The molecular weight excluding hydrogens is 286 g/mol. The molecule has 1 aromatic rings. The number of aromatic nitrogens is 3. The molecule has 5 nitrogen and oxygen atoms in total. The Hall–Kier alpha value is -0.460. The van der Waals surface area contributed by atoms with Gasteiger partial charge in [0.05, 0.1) is 17.5 Å². The summed E-state index contributed by atoms with van der Waals surface area (Å²) in [6.07, 6.45) is 0.729. The van der Waals surface area contributed by atoms with Gasteiger partial charge in [-0.1, -0.05) is 15.9 Å². The second-order valence-electron chi connectivity index (χ2n) is 4.45. The van der Waals surface area contributed by atoms with Crippen LogP contribution in [0.4, 0.5) is 0 Å². The summed E-state index contributed by atoms with van der Waals surface area (Å²) < 4.78 is 12.6. The number of rotatable bonds is 7. The molecule has 0 radical (unpaired) electrons. The van der Waals surface area contributed by atoms with Crippen molar-refractivity contribution in [3.63, 3.8) is 0 Å². The number of nitrogens with zero attached hydrogens (tertiary/aromatic N) is 3. The Kier molecular flexibility index (Phi) is 5.55. The molecule has 0 aromatic carbocycles. The zero-order valence-corrected chi connectivity index (χ0v) is 12.5. The maximum absolute atomic E-state index is 5.42. The normalized spacial score (nSPS) is 12.1. The molecule has 0 aliphatic heterocycles. The minimum atomic E-state index is -0.235. The summed E-state index contributed by atoms with van der Waals surface area (Å²) in [5.41, 5.74) is -0.235. The highest BCUT2D eigenvalue weighted by molar-refractivity contribution is 9.08. The van der Waals surface area contributed by atoms with E-state index in [1.165, 1.54) is 0 Å². The predicted octanol–water partition coefficient (Wildman–Crippen LogP) is 1.79. The van der Waals surface area contributed by atoms with E-state index in [4.69, 9.17) is 9.47 Å². The molecular formula is C11H20BrN3O2. The Morgan fingerprint density at radius 2 is 1.88 bits per heavy atom. The van der Waals surface area contributed by atoms with Gasteiger partial charge in [0, 0.05) is 27.2 Å². The van der Waals surface area contributed by atoms with Crippen molar-refractivity contribution in [3.05, 3.63) is 11.6 Å². The summed E-state index contributed by atoms with van der Waals surface area (Å²) in [6, 6.07) is 0. The largest absolute Gasteiger partial charge is 0.383 e. The number of ether oxygens (including phenoxy) is 2. The van der Waals surface area contributed by atoms with E-state index in [9.17, 15) is 0 Å². The second-order valence-corrected chi connectivity index (χ2v) is 5.01. The van der Waals surface area contributed by atoms with Crippen LogP contribution in [0.2, 0.25) is 0 Å². The van der Waals surface area contributed by atoms with Gasteiger partial charge in [-0.15, -0.1) is 10.2 Å². The molecule has 0 atom stereocenters. The maximum atomic E-state index is 5.42. The van der Waals surface area contributed by atoms with E-state index in [0.717, 1.165) is 24.6 Å². The zero-order valence-electron chi connectivity index (χ0n) is 10.9. The Bertz CT molecular complexity index is 352. The van der Waals surface area contributed by atoms with Gasteiger partial charge in [-0.3, -0.25) is 0 Å². The smallest absolute Gasteiger partial charge is 0.143 e. The molecule has 1 heterocycles. The standard InChI is InChI=1S/C11H20BrN3O2/c1-11(2,17-4)7-9-13-14-10(8-12)15(9)5-6-16-3/h5-8H2,1-4H3. The minimum Gasteiger partial charge on any atom is -0.383 e. The minimum absolute atomic E-state index is 0.235. The Morgan fingerprint density at radius 1 is 1.24 bits per heavy atom. The lowest BCUT2D eigenvalue weighted by Gasteiger charge is -2.22. The van der Waals surface area contributed by atoms with Crippen LogP contribution >= 0.6 is 15.9 Å². The first-order valence-electron chi connectivity index (χ1n) is 5.55. The van der Waals surface area contributed by atoms with Crippen molar-refractivity contribution in [3.8, 4) is 0 Å². The molecule has 0 aliphatic carbocycles. The van der Waals surface area contributed by atoms with Gasteiger partial charge in [0.15, 0.2) is 0 Å². The molecule has 0 saturated heterocycles. The predicted molar refractivity (Wildman–Crippen MR) is 69.3 cm³/mol. The molecule has 6 heteroatoms. The fourth-order valence-corrected chi connectivity index (χ4v) is 1.91. The van der Waals surface area contributed by atoms with Crippen LogP contribution < -0.4 is 0 Å². The molecule has 0 fully saturated rings. The SMILES string of the molecule is COCCn1c(CBr)nnc1CC(C)(C)OC. The summed E-state index contributed by atoms with van der Waals surface area (Å²) in [6.45, 7) is 5.49. The Labute approximate surface area is 111 Å². The molecule has 17 heavy (non-hydrogen) atoms. The first-order chi connectivity index (χ1) is 8.04. The van der Waals surface area contributed by atoms with Crippen LogP contribution in [0.3, 0.4) is 0 Å². The van der Waals surface area contributed by atoms with Gasteiger partial charge in [-0.05, 0) is 13.8 Å². The maximum Gasteiger partial charge on any atom is 0.143 e. The summed E-state index contributed by atoms with van der Waals surface area (Å²) in [4.78, 5) is 0. The first kappa shape index (κ1) is 14.6. The van der Waals surface area contributed by atoms with Crippen molar-refractivity contribution in [2.45, 2.75) is 37.7 Å². The molecule has 0 spiro atoms. The van der Waals surface area contributed by atoms with E-state index in [0.29, 0.717) is 11.9 Å². The van der Waals surface area contributed by atoms with E-state index < -0.39 is 0 Å². The summed E-state index contributed by atoms with van der Waals surface area (Å²) in [5.74, 6) is 1.85. The van der Waals surface area contributed by atoms with Gasteiger partial charge >= 0.3 is 0 Å². The molecule has 0 aliphatic rings. The molecule has 1 rings (SSSR count). The molecule has 0 N–H and O–H groups in total. The van der Waals surface area contributed by atoms with E-state index in [-0.39, 0.29) is 5.60 Å². The van der Waals surface area contributed by atoms with Crippen LogP contribution in [-0.4, -0.2) is 41.2 Å². The molecule has 0 saturated carbocycles. The molecule has 0 amide bonds. The van der Waals surface area contributed by atoms with Crippen LogP contribution in [0.1, 0.15) is 25.5 Å². The first-order valence-corrected chi connectivity index (χ1v) is 6.67. The number of halogens is 1. The van der Waals surface area contributed by atoms with Crippen molar-refractivity contribution in [2.24, 2.45) is 0 Å². The van der Waals surface area contributed by atoms with Gasteiger partial charge in [0.1, 0.15) is 11.6 Å². The average Bonchev–Trinajstić information content (AvgIpc) is 2.68. The van der Waals surface area contributed by atoms with E-state index >= 15 is 0 Å². The summed E-state index contributed by atoms with van der Waals surface area (Å²) in [7, 11) is 3.40. The van der Waals surface area contributed by atoms with Crippen LogP contribution in [-0.2, 0) is 27.8 Å². The Morgan fingerprint density at radius 3 is 2.41 bits per heavy atom. The number of alkyl halides is 1. The lowest BCUT2D eigenvalue weighted by atomic mass is 10.1. The van der Waals surface area contributed by atoms with E-state index in [1.807, 2.05) is 13.8 Å². The van der Waals surface area contributed by atoms with Crippen molar-refractivity contribution >= 4 is 15.9 Å². The summed E-state index contributed by atoms with van der Waals surface area (Å²) in [5, 5.41) is 9.07. The molecule has 1 aromatic heterocycles. The van der Waals surface area contributed by atoms with Gasteiger partial charge < -0.3 is 14.0 Å². The number of hydrogen-bond donors (Lipinski definition) is 0. The topological polar surface area (TPSA) is 49.2 Å². The van der Waals surface area contributed by atoms with Gasteiger partial charge in [0.2, 0.25) is 0 Å². The highest BCUT2D eigenvalue weighted by Gasteiger charge is 2.22. The van der Waals surface area contributed by atoms with Crippen molar-refractivity contribution < 1.29 is 9.47 Å². The highest BCUT2D eigenvalue weighted by atomic mass is 79.9. The Balaban J connectivity index is 2.87. The summed E-state index contributed by atoms with van der Waals surface area (Å²) >= 11 is 3.41. The van der Waals surface area contributed by atoms with Crippen molar-refractivity contribution in [1.82, 2.24) is 14.8 Å². The third kappa shape index (κ3) is 4.04. The quantitative estimate of drug-likeness (QED) is 0.721. The lowest BCUT2D eigenvalue weighted by Crippen LogP contribution is -2.28. The molecule has 0 unspecified atom stereocenters. The van der Waals surface area contributed by atoms with Crippen LogP contribution in [0.25, 0.3) is 0 Å². The second kappa shape index (κ2) is 6.47. The third-order valence-corrected chi connectivity index (χ3v) is 3.18. The number of methoxy groups -OCH3 is 2. The molecule has 0 bridgehead atoms. The number of hydrogen-bond acceptors (Lipinski definition) is 4. The van der Waals surface area contributed by atoms with Crippen LogP contribution in [0, 0.1) is 0 Å². The van der Waals surface area contributed by atoms with Crippen LogP contribution in [0.15, 0.2) is 0 Å². The lowest BCUT2D eigenvalue weighted by molar-refractivity contribution is 0.0206. The van der Waals surface area contributed by atoms with Gasteiger partial charge in [-0.2, -0.15) is 0 Å². The fraction of sp³-hybridized carbons (Fsp3) is 0.818. The van der Waals surface area contributed by atoms with Crippen molar-refractivity contribution in [1.29, 1.82) is 0 Å². The highest BCUT2D eigenvalue weighted by Crippen LogP contribution is 2.16. The average molecular weight is 306 g/mol. The third-order valence-electron chi connectivity index (χ3n) is 2.68. The monoisotopic (exact) mass is 305 g/mol. The van der Waals surface area contributed by atoms with E-state index in [2.05, 4.69) is 30.7 Å². The molecule has 98 valence electrons. The van der Waals surface area contributed by atoms with Gasteiger partial charge in [0.25, 0.3) is 0 Å². The van der Waals surface area contributed by atoms with E-state index in [1.54, 1.807) is 14.2 Å². The zero-order chi connectivity index (χ0) is 12.9.